The fraction of sp³-hybridized carbons (Fsp3) is 0.500. The molecule has 0 N–H and O–H groups in total. The van der Waals surface area contributed by atoms with Gasteiger partial charge in [-0.15, -0.1) is 0 Å². The van der Waals surface area contributed by atoms with Crippen molar-refractivity contribution in [3.8, 4) is 11.4 Å². The van der Waals surface area contributed by atoms with Crippen LogP contribution in [0.4, 0.5) is 18.0 Å². The van der Waals surface area contributed by atoms with Crippen LogP contribution in [0.2, 0.25) is 0 Å². The number of carbonyl (C=O) groups excluding carboxylic acids is 2. The second-order valence-corrected chi connectivity index (χ2v) is 8.14. The SMILES string of the molecule is COc1cn(-c2cccc(C(F)(F)F)c2)nc1C(=O)N1CCCN(C(=O)OCC(C)C)CC1. The topological polar surface area (TPSA) is 76.9 Å². The third-order valence-electron chi connectivity index (χ3n) is 5.12. The van der Waals surface area contributed by atoms with E-state index < -0.39 is 23.7 Å². The highest BCUT2D eigenvalue weighted by molar-refractivity contribution is 5.95. The van der Waals surface area contributed by atoms with Crippen molar-refractivity contribution < 1.29 is 32.2 Å². The number of ether oxygens (including phenoxy) is 2. The van der Waals surface area contributed by atoms with E-state index in [0.29, 0.717) is 32.7 Å². The lowest BCUT2D eigenvalue weighted by atomic mass is 10.2. The molecule has 0 spiro atoms. The van der Waals surface area contributed by atoms with Gasteiger partial charge in [-0.1, -0.05) is 19.9 Å². The Morgan fingerprint density at radius 2 is 1.82 bits per heavy atom. The molecule has 11 heteroatoms. The standard InChI is InChI=1S/C22H27F3N4O4/c1-15(2)14-33-21(31)28-9-5-8-27(10-11-28)20(30)19-18(32-3)13-29(26-19)17-7-4-6-16(12-17)22(23,24)25/h4,6-7,12-13,15H,5,8-11,14H2,1-3H3. The van der Waals surface area contributed by atoms with Crippen molar-refractivity contribution in [2.45, 2.75) is 26.4 Å². The zero-order valence-electron chi connectivity index (χ0n) is 18.8. The van der Waals surface area contributed by atoms with Gasteiger partial charge in [-0.3, -0.25) is 4.79 Å². The Kier molecular flexibility index (Phi) is 7.50. The fourth-order valence-corrected chi connectivity index (χ4v) is 3.39. The first-order valence-electron chi connectivity index (χ1n) is 10.6. The molecular weight excluding hydrogens is 441 g/mol. The lowest BCUT2D eigenvalue weighted by Gasteiger charge is -2.22. The molecule has 180 valence electrons. The summed E-state index contributed by atoms with van der Waals surface area (Å²) in [7, 11) is 1.36. The molecule has 2 amide bonds. The second kappa shape index (κ2) is 10.1. The van der Waals surface area contributed by atoms with E-state index in [2.05, 4.69) is 5.10 Å². The van der Waals surface area contributed by atoms with Crippen LogP contribution >= 0.6 is 0 Å². The molecule has 0 bridgehead atoms. The van der Waals surface area contributed by atoms with E-state index in [1.54, 1.807) is 9.80 Å². The van der Waals surface area contributed by atoms with Crippen molar-refractivity contribution in [1.29, 1.82) is 0 Å². The molecule has 2 heterocycles. The summed E-state index contributed by atoms with van der Waals surface area (Å²) in [6.07, 6.45) is -2.99. The van der Waals surface area contributed by atoms with Gasteiger partial charge in [0.25, 0.3) is 5.91 Å². The highest BCUT2D eigenvalue weighted by Crippen LogP contribution is 2.31. The van der Waals surface area contributed by atoms with Crippen LogP contribution in [0.25, 0.3) is 5.69 Å². The van der Waals surface area contributed by atoms with Gasteiger partial charge in [-0.25, -0.2) is 9.48 Å². The summed E-state index contributed by atoms with van der Waals surface area (Å²) in [5.41, 5.74) is -0.679. The molecule has 0 radical (unpaired) electrons. The number of aromatic nitrogens is 2. The Morgan fingerprint density at radius 1 is 1.12 bits per heavy atom. The summed E-state index contributed by atoms with van der Waals surface area (Å²) < 4.78 is 50.9. The van der Waals surface area contributed by atoms with Crippen LogP contribution in [0.1, 0.15) is 36.3 Å². The van der Waals surface area contributed by atoms with Crippen molar-refractivity contribution >= 4 is 12.0 Å². The fourth-order valence-electron chi connectivity index (χ4n) is 3.39. The van der Waals surface area contributed by atoms with E-state index in [4.69, 9.17) is 9.47 Å². The number of carbonyl (C=O) groups is 2. The minimum Gasteiger partial charge on any atom is -0.493 e. The van der Waals surface area contributed by atoms with Gasteiger partial charge < -0.3 is 19.3 Å². The minimum atomic E-state index is -4.50. The van der Waals surface area contributed by atoms with E-state index >= 15 is 0 Å². The van der Waals surface area contributed by atoms with Crippen molar-refractivity contribution in [3.63, 3.8) is 0 Å². The minimum absolute atomic E-state index is 0.00857. The van der Waals surface area contributed by atoms with Gasteiger partial charge in [0.2, 0.25) is 0 Å². The van der Waals surface area contributed by atoms with Crippen molar-refractivity contribution in [3.05, 3.63) is 41.7 Å². The number of rotatable bonds is 5. The maximum absolute atomic E-state index is 13.2. The molecule has 1 aromatic carbocycles. The first-order chi connectivity index (χ1) is 15.6. The molecule has 1 aromatic heterocycles. The normalized spacial score (nSPS) is 14.9. The van der Waals surface area contributed by atoms with E-state index in [1.165, 1.54) is 30.1 Å². The van der Waals surface area contributed by atoms with E-state index in [-0.39, 0.29) is 29.6 Å². The average Bonchev–Trinajstić information content (AvgIpc) is 3.06. The number of amides is 2. The van der Waals surface area contributed by atoms with Gasteiger partial charge in [0.15, 0.2) is 11.4 Å². The molecule has 1 saturated heterocycles. The van der Waals surface area contributed by atoms with Crippen LogP contribution < -0.4 is 4.74 Å². The highest BCUT2D eigenvalue weighted by Gasteiger charge is 2.31. The number of nitrogens with zero attached hydrogens (tertiary/aromatic N) is 4. The maximum atomic E-state index is 13.2. The van der Waals surface area contributed by atoms with Gasteiger partial charge in [-0.2, -0.15) is 18.3 Å². The zero-order chi connectivity index (χ0) is 24.2. The van der Waals surface area contributed by atoms with Crippen molar-refractivity contribution in [1.82, 2.24) is 19.6 Å². The molecule has 1 aliphatic heterocycles. The summed E-state index contributed by atoms with van der Waals surface area (Å²) in [5, 5.41) is 4.21. The number of alkyl halides is 3. The molecule has 2 aromatic rings. The van der Waals surface area contributed by atoms with Crippen LogP contribution in [0, 0.1) is 5.92 Å². The first-order valence-corrected chi connectivity index (χ1v) is 10.6. The molecule has 33 heavy (non-hydrogen) atoms. The largest absolute Gasteiger partial charge is 0.493 e. The summed E-state index contributed by atoms with van der Waals surface area (Å²) in [5.74, 6) is -0.0526. The van der Waals surface area contributed by atoms with Crippen LogP contribution in [0.15, 0.2) is 30.5 Å². The lowest BCUT2D eigenvalue weighted by molar-refractivity contribution is -0.137. The number of methoxy groups -OCH3 is 1. The summed E-state index contributed by atoms with van der Waals surface area (Å²) in [4.78, 5) is 28.5. The summed E-state index contributed by atoms with van der Waals surface area (Å²) in [6.45, 7) is 5.64. The van der Waals surface area contributed by atoms with Gasteiger partial charge in [0, 0.05) is 26.2 Å². The molecule has 3 rings (SSSR count). The van der Waals surface area contributed by atoms with Crippen LogP contribution in [-0.2, 0) is 10.9 Å². The van der Waals surface area contributed by atoms with E-state index in [9.17, 15) is 22.8 Å². The predicted molar refractivity (Wildman–Crippen MR) is 113 cm³/mol. The van der Waals surface area contributed by atoms with Crippen LogP contribution in [0.3, 0.4) is 0 Å². The van der Waals surface area contributed by atoms with Crippen LogP contribution in [-0.4, -0.2) is 71.5 Å². The summed E-state index contributed by atoms with van der Waals surface area (Å²) in [6, 6.07) is 4.65. The number of benzene rings is 1. The third-order valence-corrected chi connectivity index (χ3v) is 5.12. The number of halogens is 3. The lowest BCUT2D eigenvalue weighted by Crippen LogP contribution is -2.38. The Morgan fingerprint density at radius 3 is 2.48 bits per heavy atom. The van der Waals surface area contributed by atoms with E-state index in [0.717, 1.165) is 12.1 Å². The molecule has 1 fully saturated rings. The Hall–Kier alpha value is -3.24. The Balaban J connectivity index is 1.75. The number of hydrogen-bond donors (Lipinski definition) is 0. The van der Waals surface area contributed by atoms with Gasteiger partial charge in [0.1, 0.15) is 0 Å². The zero-order valence-corrected chi connectivity index (χ0v) is 18.8. The molecule has 0 saturated carbocycles. The first kappa shape index (κ1) is 24.4. The highest BCUT2D eigenvalue weighted by atomic mass is 19.4. The third kappa shape index (κ3) is 5.96. The van der Waals surface area contributed by atoms with Crippen molar-refractivity contribution in [2.24, 2.45) is 5.92 Å². The van der Waals surface area contributed by atoms with Gasteiger partial charge in [0.05, 0.1) is 31.2 Å². The average molecular weight is 468 g/mol. The molecule has 8 nitrogen and oxygen atoms in total. The Bertz CT molecular complexity index is 990. The second-order valence-electron chi connectivity index (χ2n) is 8.14. The molecular formula is C22H27F3N4O4. The Labute approximate surface area is 189 Å². The van der Waals surface area contributed by atoms with Crippen LogP contribution in [0.5, 0.6) is 5.75 Å². The monoisotopic (exact) mass is 468 g/mol. The molecule has 1 aliphatic rings. The molecule has 0 unspecified atom stereocenters. The smallest absolute Gasteiger partial charge is 0.416 e. The molecule has 0 aliphatic carbocycles. The molecule has 0 atom stereocenters. The van der Waals surface area contributed by atoms with Gasteiger partial charge >= 0.3 is 12.3 Å². The quantitative estimate of drug-likeness (QED) is 0.667. The summed E-state index contributed by atoms with van der Waals surface area (Å²) >= 11 is 0. The van der Waals surface area contributed by atoms with E-state index in [1.807, 2.05) is 13.8 Å². The maximum Gasteiger partial charge on any atom is 0.416 e. The van der Waals surface area contributed by atoms with Gasteiger partial charge in [-0.05, 0) is 30.5 Å². The predicted octanol–water partition coefficient (Wildman–Crippen LogP) is 3.84. The van der Waals surface area contributed by atoms with Crippen molar-refractivity contribution in [2.75, 3.05) is 39.9 Å². The number of hydrogen-bond acceptors (Lipinski definition) is 5.